The molecule has 0 bridgehead atoms. The van der Waals surface area contributed by atoms with E-state index < -0.39 is 12.2 Å². The van der Waals surface area contributed by atoms with Crippen molar-refractivity contribution in [2.75, 3.05) is 45.9 Å². The maximum atomic E-state index is 12.9. The van der Waals surface area contributed by atoms with Crippen LogP contribution in [0, 0.1) is 0 Å². The van der Waals surface area contributed by atoms with Gasteiger partial charge in [-0.25, -0.2) is 0 Å². The number of amides is 1. The van der Waals surface area contributed by atoms with Crippen molar-refractivity contribution >= 4 is 5.91 Å². The number of carbonyl (C=O) groups is 1. The first-order valence-corrected chi connectivity index (χ1v) is 12.1. The first-order chi connectivity index (χ1) is 17.2. The third kappa shape index (κ3) is 5.75. The van der Waals surface area contributed by atoms with E-state index in [4.69, 9.17) is 14.2 Å². The van der Waals surface area contributed by atoms with E-state index in [2.05, 4.69) is 12.1 Å². The smallest absolute Gasteiger partial charge is 0.267 e. The van der Waals surface area contributed by atoms with Gasteiger partial charge in [0.05, 0.1) is 26.2 Å². The lowest BCUT2D eigenvalue weighted by molar-refractivity contribution is -0.907. The third-order valence-corrected chi connectivity index (χ3v) is 6.49. The van der Waals surface area contributed by atoms with Crippen LogP contribution in [0.15, 0.2) is 78.9 Å². The van der Waals surface area contributed by atoms with Crippen molar-refractivity contribution in [2.45, 2.75) is 12.2 Å². The minimum absolute atomic E-state index is 0.0404. The molecule has 7 heteroatoms. The lowest BCUT2D eigenvalue weighted by Crippen LogP contribution is -3.16. The number of hydrogen-bond donors (Lipinski definition) is 2. The summed E-state index contributed by atoms with van der Waals surface area (Å²) in [6.45, 7) is 3.86. The van der Waals surface area contributed by atoms with Gasteiger partial charge in [0.2, 0.25) is 6.10 Å². The molecule has 3 aromatic rings. The lowest BCUT2D eigenvalue weighted by Gasteiger charge is -2.35. The topological polar surface area (TPSA) is 72.7 Å². The fourth-order valence-corrected chi connectivity index (χ4v) is 4.55. The number of aliphatic hydroxyl groups excluding tert-OH is 1. The zero-order valence-corrected chi connectivity index (χ0v) is 19.6. The third-order valence-electron chi connectivity index (χ3n) is 6.49. The van der Waals surface area contributed by atoms with E-state index in [0.29, 0.717) is 31.1 Å². The summed E-state index contributed by atoms with van der Waals surface area (Å²) in [6, 6.07) is 25.5. The molecule has 182 valence electrons. The maximum absolute atomic E-state index is 12.9. The van der Waals surface area contributed by atoms with Crippen LogP contribution in [0.25, 0.3) is 11.1 Å². The van der Waals surface area contributed by atoms with Crippen LogP contribution in [0.2, 0.25) is 0 Å². The second kappa shape index (κ2) is 10.8. The molecule has 2 N–H and O–H groups in total. The van der Waals surface area contributed by atoms with Gasteiger partial charge >= 0.3 is 0 Å². The summed E-state index contributed by atoms with van der Waals surface area (Å²) in [5.41, 5.74) is 2.29. The van der Waals surface area contributed by atoms with Gasteiger partial charge in [0.1, 0.15) is 31.6 Å². The molecule has 1 saturated heterocycles. The zero-order valence-electron chi connectivity index (χ0n) is 19.6. The highest BCUT2D eigenvalue weighted by molar-refractivity contribution is 5.82. The lowest BCUT2D eigenvalue weighted by atomic mass is 10.1. The van der Waals surface area contributed by atoms with Gasteiger partial charge in [0, 0.05) is 0 Å². The number of carbonyl (C=O) groups excluding carboxylic acids is 1. The van der Waals surface area contributed by atoms with Gasteiger partial charge in [-0.1, -0.05) is 54.6 Å². The largest absolute Gasteiger partial charge is 0.491 e. The second-order valence-corrected chi connectivity index (χ2v) is 9.00. The summed E-state index contributed by atoms with van der Waals surface area (Å²) in [4.78, 5) is 16.0. The van der Waals surface area contributed by atoms with Gasteiger partial charge in [-0.15, -0.1) is 0 Å². The summed E-state index contributed by atoms with van der Waals surface area (Å²) in [5.74, 6) is 1.99. The number of hydrogen-bond acceptors (Lipinski definition) is 5. The number of benzene rings is 3. The fourth-order valence-electron chi connectivity index (χ4n) is 4.55. The van der Waals surface area contributed by atoms with E-state index >= 15 is 0 Å². The van der Waals surface area contributed by atoms with Crippen molar-refractivity contribution in [3.63, 3.8) is 0 Å². The highest BCUT2D eigenvalue weighted by atomic mass is 16.6. The molecular weight excluding hydrogens is 444 g/mol. The molecule has 2 atom stereocenters. The minimum atomic E-state index is -0.612. The van der Waals surface area contributed by atoms with Crippen LogP contribution < -0.4 is 19.1 Å². The summed E-state index contributed by atoms with van der Waals surface area (Å²) >= 11 is 0. The normalized spacial score (nSPS) is 18.7. The molecule has 0 spiro atoms. The van der Waals surface area contributed by atoms with Gasteiger partial charge in [-0.05, 0) is 35.4 Å². The molecular formula is C28H31N2O5+. The molecule has 0 radical (unpaired) electrons. The van der Waals surface area contributed by atoms with Crippen molar-refractivity contribution in [3.05, 3.63) is 78.9 Å². The predicted molar refractivity (Wildman–Crippen MR) is 132 cm³/mol. The fraction of sp³-hybridized carbons (Fsp3) is 0.321. The Morgan fingerprint density at radius 1 is 0.943 bits per heavy atom. The average Bonchev–Trinajstić information content (AvgIpc) is 2.92. The van der Waals surface area contributed by atoms with Crippen LogP contribution in [-0.2, 0) is 4.79 Å². The van der Waals surface area contributed by atoms with E-state index in [9.17, 15) is 9.90 Å². The molecule has 3 aromatic carbocycles. The summed E-state index contributed by atoms with van der Waals surface area (Å²) < 4.78 is 17.4. The Morgan fingerprint density at radius 3 is 2.34 bits per heavy atom. The standard InChI is InChI=1S/C28H30N2O5/c31-23(19-33-24-12-10-22(11-13-24)21-6-2-1-3-7-21)18-29-14-16-30(17-15-29)28(32)27-20-34-25-8-4-5-9-26(25)35-27/h1-13,23,27,31H,14-20H2/p+1/t23-,27+/m0/s1. The van der Waals surface area contributed by atoms with Gasteiger partial charge < -0.3 is 29.1 Å². The molecule has 1 fully saturated rings. The van der Waals surface area contributed by atoms with Gasteiger partial charge in [0.25, 0.3) is 5.91 Å². The molecule has 5 rings (SSSR count). The molecule has 7 nitrogen and oxygen atoms in total. The van der Waals surface area contributed by atoms with E-state index in [0.717, 1.165) is 30.0 Å². The molecule has 2 heterocycles. The van der Waals surface area contributed by atoms with Crippen molar-refractivity contribution in [2.24, 2.45) is 0 Å². The number of ether oxygens (including phenoxy) is 3. The number of quaternary nitrogens is 1. The van der Waals surface area contributed by atoms with Crippen molar-refractivity contribution in [1.82, 2.24) is 4.90 Å². The predicted octanol–water partition coefficient (Wildman–Crippen LogP) is 1.66. The second-order valence-electron chi connectivity index (χ2n) is 9.00. The number of para-hydroxylation sites is 2. The summed E-state index contributed by atoms with van der Waals surface area (Å²) in [5, 5.41) is 10.5. The molecule has 2 aliphatic rings. The van der Waals surface area contributed by atoms with Crippen LogP contribution in [-0.4, -0.2) is 74.1 Å². The van der Waals surface area contributed by atoms with Crippen molar-refractivity contribution < 1.29 is 29.0 Å². The van der Waals surface area contributed by atoms with Gasteiger partial charge in [0.15, 0.2) is 11.5 Å². The number of fused-ring (bicyclic) bond motifs is 1. The number of aliphatic hydroxyl groups is 1. The first kappa shape index (κ1) is 23.2. The van der Waals surface area contributed by atoms with Crippen LogP contribution in [0.5, 0.6) is 17.2 Å². The Kier molecular flexibility index (Phi) is 7.16. The van der Waals surface area contributed by atoms with E-state index in [-0.39, 0.29) is 19.1 Å². The Morgan fingerprint density at radius 2 is 1.60 bits per heavy atom. The van der Waals surface area contributed by atoms with E-state index in [1.807, 2.05) is 71.6 Å². The quantitative estimate of drug-likeness (QED) is 0.544. The highest BCUT2D eigenvalue weighted by Crippen LogP contribution is 2.31. The van der Waals surface area contributed by atoms with E-state index in [1.54, 1.807) is 0 Å². The van der Waals surface area contributed by atoms with Crippen LogP contribution >= 0.6 is 0 Å². The monoisotopic (exact) mass is 475 g/mol. The van der Waals surface area contributed by atoms with Crippen LogP contribution in [0.3, 0.4) is 0 Å². The summed E-state index contributed by atoms with van der Waals surface area (Å²) in [7, 11) is 0. The Hall–Kier alpha value is -3.55. The van der Waals surface area contributed by atoms with E-state index in [1.165, 1.54) is 4.90 Å². The Bertz CT molecular complexity index is 1110. The maximum Gasteiger partial charge on any atom is 0.267 e. The highest BCUT2D eigenvalue weighted by Gasteiger charge is 2.34. The number of nitrogens with zero attached hydrogens (tertiary/aromatic N) is 1. The van der Waals surface area contributed by atoms with Gasteiger partial charge in [-0.3, -0.25) is 4.79 Å². The summed E-state index contributed by atoms with van der Waals surface area (Å²) in [6.07, 6.45) is -1.19. The van der Waals surface area contributed by atoms with Crippen molar-refractivity contribution in [3.8, 4) is 28.4 Å². The van der Waals surface area contributed by atoms with Crippen LogP contribution in [0.4, 0.5) is 0 Å². The number of rotatable bonds is 7. The molecule has 0 aliphatic carbocycles. The molecule has 2 aliphatic heterocycles. The number of nitrogens with one attached hydrogen (secondary N) is 1. The Labute approximate surface area is 205 Å². The molecule has 35 heavy (non-hydrogen) atoms. The zero-order chi connectivity index (χ0) is 24.0. The van der Waals surface area contributed by atoms with Crippen LogP contribution in [0.1, 0.15) is 0 Å². The Balaban J connectivity index is 1.04. The molecule has 0 aromatic heterocycles. The minimum Gasteiger partial charge on any atom is -0.491 e. The molecule has 0 saturated carbocycles. The SMILES string of the molecule is O=C([C@H]1COc2ccccc2O1)N1CC[NH+](C[C@H](O)COc2ccc(-c3ccccc3)cc2)CC1. The molecule has 1 amide bonds. The average molecular weight is 476 g/mol. The first-order valence-electron chi connectivity index (χ1n) is 12.1. The number of piperazine rings is 1. The van der Waals surface area contributed by atoms with Crippen molar-refractivity contribution in [1.29, 1.82) is 0 Å². The van der Waals surface area contributed by atoms with Gasteiger partial charge in [-0.2, -0.15) is 0 Å². The molecule has 0 unspecified atom stereocenters.